The first-order chi connectivity index (χ1) is 8.10. The second-order valence-electron chi connectivity index (χ2n) is 5.78. The molecule has 3 unspecified atom stereocenters. The van der Waals surface area contributed by atoms with Gasteiger partial charge in [0.15, 0.2) is 0 Å². The summed E-state index contributed by atoms with van der Waals surface area (Å²) >= 11 is 0. The van der Waals surface area contributed by atoms with Crippen LogP contribution in [0.15, 0.2) is 6.33 Å². The average molecular weight is 236 g/mol. The van der Waals surface area contributed by atoms with Crippen molar-refractivity contribution in [1.29, 1.82) is 0 Å². The largest absolute Gasteiger partial charge is 0.377 e. The molecular weight excluding hydrogens is 216 g/mol. The molecule has 17 heavy (non-hydrogen) atoms. The normalized spacial score (nSPS) is 34.4. The van der Waals surface area contributed by atoms with Gasteiger partial charge >= 0.3 is 0 Å². The van der Waals surface area contributed by atoms with Crippen molar-refractivity contribution >= 4 is 0 Å². The lowest BCUT2D eigenvalue weighted by molar-refractivity contribution is -0.113. The van der Waals surface area contributed by atoms with E-state index in [4.69, 9.17) is 4.74 Å². The Bertz CT molecular complexity index is 414. The Labute approximate surface area is 102 Å². The molecule has 0 amide bonds. The summed E-state index contributed by atoms with van der Waals surface area (Å²) in [6.45, 7) is 6.27. The van der Waals surface area contributed by atoms with Gasteiger partial charge in [-0.05, 0) is 6.42 Å². The van der Waals surface area contributed by atoms with Crippen molar-refractivity contribution in [3.8, 4) is 0 Å². The molecule has 0 spiro atoms. The number of rotatable bonds is 3. The zero-order chi connectivity index (χ0) is 12.0. The quantitative estimate of drug-likeness (QED) is 0.840. The molecule has 1 aliphatic heterocycles. The van der Waals surface area contributed by atoms with E-state index in [0.717, 1.165) is 19.0 Å². The molecule has 0 aromatic carbocycles. The number of nitrogens with zero attached hydrogens (tertiary/aromatic N) is 3. The van der Waals surface area contributed by atoms with Gasteiger partial charge in [-0.25, -0.2) is 0 Å². The minimum atomic E-state index is 0.236. The third-order valence-electron chi connectivity index (χ3n) is 4.39. The Morgan fingerprint density at radius 3 is 3.12 bits per heavy atom. The zero-order valence-corrected chi connectivity index (χ0v) is 10.7. The van der Waals surface area contributed by atoms with Gasteiger partial charge < -0.3 is 14.6 Å². The SMILES string of the molecule is Cn1cnnc1CNC1C2CCOC2C1(C)C. The molecule has 3 rings (SSSR count). The molecule has 5 nitrogen and oxygen atoms in total. The van der Waals surface area contributed by atoms with Gasteiger partial charge in [-0.15, -0.1) is 10.2 Å². The lowest BCUT2D eigenvalue weighted by Gasteiger charge is -2.54. The minimum Gasteiger partial charge on any atom is -0.377 e. The van der Waals surface area contributed by atoms with Crippen molar-refractivity contribution in [1.82, 2.24) is 20.1 Å². The molecule has 1 saturated carbocycles. The topological polar surface area (TPSA) is 52.0 Å². The van der Waals surface area contributed by atoms with Crippen LogP contribution in [0.5, 0.6) is 0 Å². The third kappa shape index (κ3) is 1.60. The molecule has 1 aliphatic carbocycles. The van der Waals surface area contributed by atoms with Crippen molar-refractivity contribution in [2.24, 2.45) is 18.4 Å². The van der Waals surface area contributed by atoms with E-state index < -0.39 is 0 Å². The van der Waals surface area contributed by atoms with Gasteiger partial charge in [-0.3, -0.25) is 0 Å². The number of hydrogen-bond acceptors (Lipinski definition) is 4. The predicted molar refractivity (Wildman–Crippen MR) is 63.3 cm³/mol. The predicted octanol–water partition coefficient (Wildman–Crippen LogP) is 0.718. The minimum absolute atomic E-state index is 0.236. The highest BCUT2D eigenvalue weighted by Gasteiger charge is 2.58. The molecular formula is C12H20N4O. The Balaban J connectivity index is 1.64. The van der Waals surface area contributed by atoms with E-state index in [0.29, 0.717) is 18.1 Å². The van der Waals surface area contributed by atoms with Crippen molar-refractivity contribution < 1.29 is 4.74 Å². The van der Waals surface area contributed by atoms with Crippen LogP contribution in [0.1, 0.15) is 26.1 Å². The second-order valence-corrected chi connectivity index (χ2v) is 5.78. The molecule has 2 heterocycles. The summed E-state index contributed by atoms with van der Waals surface area (Å²) in [5, 5.41) is 11.6. The Hall–Kier alpha value is -0.940. The second kappa shape index (κ2) is 3.78. The lowest BCUT2D eigenvalue weighted by atomic mass is 9.57. The molecule has 1 aromatic heterocycles. The molecule has 1 saturated heterocycles. The van der Waals surface area contributed by atoms with Crippen LogP contribution in [0.2, 0.25) is 0 Å². The van der Waals surface area contributed by atoms with Crippen LogP contribution in [0, 0.1) is 11.3 Å². The van der Waals surface area contributed by atoms with E-state index in [-0.39, 0.29) is 5.41 Å². The summed E-state index contributed by atoms with van der Waals surface area (Å²) in [7, 11) is 1.98. The maximum Gasteiger partial charge on any atom is 0.146 e. The fourth-order valence-corrected chi connectivity index (χ4v) is 3.41. The van der Waals surface area contributed by atoms with Gasteiger partial charge in [-0.1, -0.05) is 13.8 Å². The molecule has 3 atom stereocenters. The average Bonchev–Trinajstić information content (AvgIpc) is 2.87. The number of aryl methyl sites for hydroxylation is 1. The van der Waals surface area contributed by atoms with Crippen LogP contribution in [0.3, 0.4) is 0 Å². The van der Waals surface area contributed by atoms with E-state index in [1.165, 1.54) is 6.42 Å². The highest BCUT2D eigenvalue weighted by molar-refractivity contribution is 5.11. The number of ether oxygens (including phenoxy) is 1. The van der Waals surface area contributed by atoms with E-state index in [1.54, 1.807) is 6.33 Å². The van der Waals surface area contributed by atoms with Gasteiger partial charge in [0, 0.05) is 31.0 Å². The molecule has 5 heteroatoms. The van der Waals surface area contributed by atoms with Crippen LogP contribution in [0.4, 0.5) is 0 Å². The monoisotopic (exact) mass is 236 g/mol. The Morgan fingerprint density at radius 2 is 2.41 bits per heavy atom. The van der Waals surface area contributed by atoms with Crippen LogP contribution in [-0.2, 0) is 18.3 Å². The first-order valence-electron chi connectivity index (χ1n) is 6.28. The number of aromatic nitrogens is 3. The standard InChI is InChI=1S/C12H20N4O/c1-12(2)10(8-4-5-17-11(8)12)13-6-9-15-14-7-16(9)3/h7-8,10-11,13H,4-6H2,1-3H3. The highest BCUT2D eigenvalue weighted by atomic mass is 16.5. The van der Waals surface area contributed by atoms with E-state index in [1.807, 2.05) is 11.6 Å². The fraction of sp³-hybridized carbons (Fsp3) is 0.833. The number of fused-ring (bicyclic) bond motifs is 1. The summed E-state index contributed by atoms with van der Waals surface area (Å²) < 4.78 is 7.74. The van der Waals surface area contributed by atoms with E-state index in [9.17, 15) is 0 Å². The van der Waals surface area contributed by atoms with Crippen LogP contribution >= 0.6 is 0 Å². The number of nitrogens with one attached hydrogen (secondary N) is 1. The maximum atomic E-state index is 5.78. The summed E-state index contributed by atoms with van der Waals surface area (Å²) in [6, 6.07) is 0.534. The first-order valence-corrected chi connectivity index (χ1v) is 6.28. The van der Waals surface area contributed by atoms with Crippen molar-refractivity contribution in [2.45, 2.75) is 39.0 Å². The first kappa shape index (κ1) is 11.2. The third-order valence-corrected chi connectivity index (χ3v) is 4.39. The zero-order valence-electron chi connectivity index (χ0n) is 10.7. The summed E-state index contributed by atoms with van der Waals surface area (Å²) in [5.74, 6) is 1.67. The molecule has 2 aliphatic rings. The molecule has 1 N–H and O–H groups in total. The van der Waals surface area contributed by atoms with Gasteiger partial charge in [-0.2, -0.15) is 0 Å². The fourth-order valence-electron chi connectivity index (χ4n) is 3.41. The molecule has 1 aromatic rings. The molecule has 0 radical (unpaired) electrons. The van der Waals surface area contributed by atoms with Crippen LogP contribution in [-0.4, -0.2) is 33.5 Å². The molecule has 94 valence electrons. The smallest absolute Gasteiger partial charge is 0.146 e. The van der Waals surface area contributed by atoms with Crippen molar-refractivity contribution in [3.05, 3.63) is 12.2 Å². The van der Waals surface area contributed by atoms with E-state index in [2.05, 4.69) is 29.4 Å². The molecule has 2 fully saturated rings. The maximum absolute atomic E-state index is 5.78. The molecule has 0 bridgehead atoms. The number of hydrogen-bond donors (Lipinski definition) is 1. The van der Waals surface area contributed by atoms with Crippen LogP contribution < -0.4 is 5.32 Å². The summed E-state index contributed by atoms with van der Waals surface area (Å²) in [4.78, 5) is 0. The van der Waals surface area contributed by atoms with Gasteiger partial charge in [0.25, 0.3) is 0 Å². The Kier molecular flexibility index (Phi) is 2.48. The van der Waals surface area contributed by atoms with Crippen LogP contribution in [0.25, 0.3) is 0 Å². The van der Waals surface area contributed by atoms with Gasteiger partial charge in [0.2, 0.25) is 0 Å². The highest BCUT2D eigenvalue weighted by Crippen LogP contribution is 2.52. The van der Waals surface area contributed by atoms with Crippen molar-refractivity contribution in [3.63, 3.8) is 0 Å². The lowest BCUT2D eigenvalue weighted by Crippen LogP contribution is -2.65. The summed E-state index contributed by atoms with van der Waals surface area (Å²) in [6.07, 6.45) is 3.37. The van der Waals surface area contributed by atoms with Gasteiger partial charge in [0.05, 0.1) is 12.6 Å². The van der Waals surface area contributed by atoms with E-state index >= 15 is 0 Å². The Morgan fingerprint density at radius 1 is 1.59 bits per heavy atom. The van der Waals surface area contributed by atoms with Gasteiger partial charge in [0.1, 0.15) is 12.2 Å². The summed E-state index contributed by atoms with van der Waals surface area (Å²) in [5.41, 5.74) is 0.236. The van der Waals surface area contributed by atoms with Crippen molar-refractivity contribution in [2.75, 3.05) is 6.61 Å².